The maximum absolute atomic E-state index is 12.6. The molecule has 6 heteroatoms. The van der Waals surface area contributed by atoms with Crippen molar-refractivity contribution in [2.75, 3.05) is 19.6 Å². The number of fused-ring (bicyclic) bond motifs is 1. The van der Waals surface area contributed by atoms with E-state index in [1.165, 1.54) is 25.8 Å². The van der Waals surface area contributed by atoms with Crippen LogP contribution in [0.5, 0.6) is 5.88 Å². The number of likely N-dealkylation sites (tertiary alicyclic amines) is 1. The van der Waals surface area contributed by atoms with Crippen molar-refractivity contribution in [3.8, 4) is 5.88 Å². The van der Waals surface area contributed by atoms with E-state index in [-0.39, 0.29) is 11.8 Å². The third-order valence-corrected chi connectivity index (χ3v) is 6.71. The number of hydrogen-bond donors (Lipinski definition) is 2. The molecule has 0 radical (unpaired) electrons. The summed E-state index contributed by atoms with van der Waals surface area (Å²) in [5, 5.41) is 15.4. The second-order valence-corrected chi connectivity index (χ2v) is 9.42. The van der Waals surface area contributed by atoms with E-state index in [1.807, 2.05) is 47.2 Å². The number of amides is 1. The Morgan fingerprint density at radius 3 is 2.90 bits per heavy atom. The first-order valence-corrected chi connectivity index (χ1v) is 11.9. The molecular formula is C25H30BrN3O2. The predicted octanol–water partition coefficient (Wildman–Crippen LogP) is 5.15. The number of rotatable bonds is 7. The van der Waals surface area contributed by atoms with Gasteiger partial charge < -0.3 is 19.9 Å². The molecule has 1 amide bonds. The van der Waals surface area contributed by atoms with Crippen molar-refractivity contribution in [1.29, 1.82) is 0 Å². The summed E-state index contributed by atoms with van der Waals surface area (Å²) in [5.74, 6) is 0.0939. The topological polar surface area (TPSA) is 57.5 Å². The Hall–Kier alpha value is -2.31. The minimum Gasteiger partial charge on any atom is -0.494 e. The van der Waals surface area contributed by atoms with Gasteiger partial charge in [0.15, 0.2) is 5.88 Å². The van der Waals surface area contributed by atoms with Gasteiger partial charge in [0.25, 0.3) is 5.91 Å². The van der Waals surface area contributed by atoms with Gasteiger partial charge in [-0.25, -0.2) is 0 Å². The second kappa shape index (κ2) is 9.88. The van der Waals surface area contributed by atoms with Gasteiger partial charge in [-0.3, -0.25) is 4.79 Å². The largest absolute Gasteiger partial charge is 0.494 e. The van der Waals surface area contributed by atoms with Gasteiger partial charge in [0.05, 0.1) is 6.54 Å². The molecule has 1 aromatic heterocycles. The van der Waals surface area contributed by atoms with E-state index in [4.69, 9.17) is 0 Å². The maximum atomic E-state index is 12.6. The fourth-order valence-corrected chi connectivity index (χ4v) is 4.86. The van der Waals surface area contributed by atoms with E-state index >= 15 is 0 Å². The summed E-state index contributed by atoms with van der Waals surface area (Å²) in [6.07, 6.45) is 6.76. The molecule has 0 bridgehead atoms. The molecule has 0 aliphatic carbocycles. The molecule has 164 valence electrons. The summed E-state index contributed by atoms with van der Waals surface area (Å²) in [6, 6.07) is 14.2. The second-order valence-electron chi connectivity index (χ2n) is 8.50. The fraction of sp³-hybridized carbons (Fsp3) is 0.400. The molecule has 2 heterocycles. The molecule has 3 aromatic rings. The van der Waals surface area contributed by atoms with Crippen LogP contribution in [-0.4, -0.2) is 46.2 Å². The molecule has 1 unspecified atom stereocenters. The Labute approximate surface area is 192 Å². The van der Waals surface area contributed by atoms with Crippen molar-refractivity contribution in [3.63, 3.8) is 0 Å². The number of carbonyl (C=O) groups excluding carboxylic acids is 1. The molecule has 2 aromatic carbocycles. The van der Waals surface area contributed by atoms with E-state index in [9.17, 15) is 9.90 Å². The molecule has 0 spiro atoms. The minimum atomic E-state index is -0.0901. The van der Waals surface area contributed by atoms with Crippen LogP contribution >= 0.6 is 15.9 Å². The predicted molar refractivity (Wildman–Crippen MR) is 129 cm³/mol. The fourth-order valence-electron chi connectivity index (χ4n) is 4.42. The quantitative estimate of drug-likeness (QED) is 0.456. The zero-order valence-electron chi connectivity index (χ0n) is 18.0. The van der Waals surface area contributed by atoms with Crippen LogP contribution in [0.2, 0.25) is 0 Å². The molecular weight excluding hydrogens is 454 g/mol. The summed E-state index contributed by atoms with van der Waals surface area (Å²) < 4.78 is 2.82. The summed E-state index contributed by atoms with van der Waals surface area (Å²) >= 11 is 3.49. The SMILES string of the molecule is CC1CCCCN1CCCNC(=O)c1ccc2cn(Cc3cccc(Br)c3)c(O)c2c1. The smallest absolute Gasteiger partial charge is 0.251 e. The van der Waals surface area contributed by atoms with Gasteiger partial charge in [-0.05, 0) is 62.6 Å². The van der Waals surface area contributed by atoms with Gasteiger partial charge in [0.2, 0.25) is 0 Å². The zero-order chi connectivity index (χ0) is 21.8. The molecule has 5 nitrogen and oxygen atoms in total. The van der Waals surface area contributed by atoms with E-state index in [0.29, 0.717) is 30.1 Å². The lowest BCUT2D eigenvalue weighted by molar-refractivity contribution is 0.0949. The molecule has 31 heavy (non-hydrogen) atoms. The van der Waals surface area contributed by atoms with Crippen molar-refractivity contribution < 1.29 is 9.90 Å². The van der Waals surface area contributed by atoms with Crippen molar-refractivity contribution in [1.82, 2.24) is 14.8 Å². The highest BCUT2D eigenvalue weighted by atomic mass is 79.9. The first-order valence-electron chi connectivity index (χ1n) is 11.1. The van der Waals surface area contributed by atoms with E-state index in [2.05, 4.69) is 33.1 Å². The highest BCUT2D eigenvalue weighted by molar-refractivity contribution is 9.10. The molecule has 1 atom stereocenters. The Bertz CT molecular complexity index is 1060. The molecule has 2 N–H and O–H groups in total. The Balaban J connectivity index is 1.37. The lowest BCUT2D eigenvalue weighted by Crippen LogP contribution is -2.39. The zero-order valence-corrected chi connectivity index (χ0v) is 19.6. The lowest BCUT2D eigenvalue weighted by Gasteiger charge is -2.33. The standard InChI is InChI=1S/C25H30BrN3O2/c1-18-6-2-3-12-28(18)13-5-11-27-24(30)20-9-10-21-17-29(25(31)23(21)15-20)16-19-7-4-8-22(26)14-19/h4,7-10,14-15,17-18,31H,2-3,5-6,11-13,16H2,1H3,(H,27,30). The maximum Gasteiger partial charge on any atom is 0.251 e. The van der Waals surface area contributed by atoms with Crippen LogP contribution in [0.1, 0.15) is 48.5 Å². The number of piperidine rings is 1. The number of nitrogens with one attached hydrogen (secondary N) is 1. The van der Waals surface area contributed by atoms with Crippen molar-refractivity contribution in [2.24, 2.45) is 0 Å². The normalized spacial score (nSPS) is 17.2. The first-order chi connectivity index (χ1) is 15.0. The number of aromatic hydroxyl groups is 1. The summed E-state index contributed by atoms with van der Waals surface area (Å²) in [4.78, 5) is 15.2. The number of nitrogens with zero attached hydrogens (tertiary/aromatic N) is 2. The van der Waals surface area contributed by atoms with Gasteiger partial charge in [-0.2, -0.15) is 0 Å². The molecule has 4 rings (SSSR count). The number of carbonyl (C=O) groups is 1. The van der Waals surface area contributed by atoms with Crippen LogP contribution in [0.25, 0.3) is 10.8 Å². The van der Waals surface area contributed by atoms with Gasteiger partial charge in [-0.1, -0.05) is 40.5 Å². The third-order valence-electron chi connectivity index (χ3n) is 6.21. The number of hydrogen-bond acceptors (Lipinski definition) is 3. The lowest BCUT2D eigenvalue weighted by atomic mass is 10.0. The monoisotopic (exact) mass is 483 g/mol. The first kappa shape index (κ1) is 21.9. The molecule has 1 aliphatic heterocycles. The van der Waals surface area contributed by atoms with E-state index in [1.54, 1.807) is 6.07 Å². The molecule has 1 aliphatic rings. The van der Waals surface area contributed by atoms with Crippen LogP contribution in [0.15, 0.2) is 53.1 Å². The number of halogens is 1. The Morgan fingerprint density at radius 1 is 1.23 bits per heavy atom. The highest BCUT2D eigenvalue weighted by Gasteiger charge is 2.17. The van der Waals surface area contributed by atoms with Crippen molar-refractivity contribution >= 4 is 32.6 Å². The third kappa shape index (κ3) is 5.31. The Morgan fingerprint density at radius 2 is 2.10 bits per heavy atom. The number of benzene rings is 2. The molecule has 1 fully saturated rings. The summed E-state index contributed by atoms with van der Waals surface area (Å²) in [6.45, 7) is 5.72. The molecule has 0 saturated carbocycles. The van der Waals surface area contributed by atoms with Crippen LogP contribution < -0.4 is 5.32 Å². The minimum absolute atomic E-state index is 0.0901. The van der Waals surface area contributed by atoms with Gasteiger partial charge in [0.1, 0.15) is 0 Å². The Kier molecular flexibility index (Phi) is 6.98. The van der Waals surface area contributed by atoms with Crippen molar-refractivity contribution in [3.05, 3.63) is 64.3 Å². The molecule has 1 saturated heterocycles. The average Bonchev–Trinajstić information content (AvgIpc) is 3.07. The van der Waals surface area contributed by atoms with Crippen LogP contribution in [0.3, 0.4) is 0 Å². The van der Waals surface area contributed by atoms with Gasteiger partial charge in [0, 0.05) is 46.1 Å². The van der Waals surface area contributed by atoms with Crippen molar-refractivity contribution in [2.45, 2.75) is 45.2 Å². The van der Waals surface area contributed by atoms with E-state index < -0.39 is 0 Å². The average molecular weight is 484 g/mol. The van der Waals surface area contributed by atoms with Crippen LogP contribution in [0, 0.1) is 0 Å². The highest BCUT2D eigenvalue weighted by Crippen LogP contribution is 2.29. The van der Waals surface area contributed by atoms with E-state index in [0.717, 1.165) is 28.4 Å². The van der Waals surface area contributed by atoms with Crippen LogP contribution in [0.4, 0.5) is 0 Å². The van der Waals surface area contributed by atoms with Gasteiger partial charge >= 0.3 is 0 Å². The van der Waals surface area contributed by atoms with Crippen LogP contribution in [-0.2, 0) is 6.54 Å². The van der Waals surface area contributed by atoms with Gasteiger partial charge in [-0.15, -0.1) is 0 Å². The number of aromatic nitrogens is 1. The summed E-state index contributed by atoms with van der Waals surface area (Å²) in [5.41, 5.74) is 1.67. The summed E-state index contributed by atoms with van der Waals surface area (Å²) in [7, 11) is 0.